The van der Waals surface area contributed by atoms with E-state index >= 15 is 0 Å². The Morgan fingerprint density at radius 2 is 2.14 bits per heavy atom. The second-order valence-electron chi connectivity index (χ2n) is 3.05. The van der Waals surface area contributed by atoms with Crippen LogP contribution in [0.1, 0.15) is 11.1 Å². The van der Waals surface area contributed by atoms with Crippen LogP contribution in [-0.2, 0) is 16.3 Å². The summed E-state index contributed by atoms with van der Waals surface area (Å²) in [6.45, 7) is 0. The van der Waals surface area contributed by atoms with Gasteiger partial charge in [0.25, 0.3) is 0 Å². The monoisotopic (exact) mass is 205 g/mol. The zero-order valence-corrected chi connectivity index (χ0v) is 8.08. The maximum Gasteiger partial charge on any atom is 0.200 e. The van der Waals surface area contributed by atoms with E-state index in [1.54, 1.807) is 24.3 Å². The smallest absolute Gasteiger partial charge is 0.200 e. The van der Waals surface area contributed by atoms with E-state index in [4.69, 9.17) is 5.26 Å². The molecule has 4 heteroatoms. The minimum absolute atomic E-state index is 0.307. The second-order valence-corrected chi connectivity index (χ2v) is 4.86. The minimum Gasteiger partial charge on any atom is -0.219 e. The highest BCUT2D eigenvalue weighted by molar-refractivity contribution is 7.94. The maximum atomic E-state index is 11.4. The molecule has 14 heavy (non-hydrogen) atoms. The summed E-state index contributed by atoms with van der Waals surface area (Å²) in [5, 5.41) is 9.67. The number of rotatable bonds is 1. The van der Waals surface area contributed by atoms with Crippen LogP contribution in [0.2, 0.25) is 0 Å². The summed E-state index contributed by atoms with van der Waals surface area (Å²) in [5.41, 5.74) is 1.52. The molecule has 1 heterocycles. The number of sulfone groups is 1. The predicted octanol–water partition coefficient (Wildman–Crippen LogP) is 1.51. The third kappa shape index (κ3) is 1.32. The summed E-state index contributed by atoms with van der Waals surface area (Å²) in [5.74, 6) is 0. The lowest BCUT2D eigenvalue weighted by Gasteiger charge is -1.99. The molecule has 0 aliphatic carbocycles. The Bertz CT molecular complexity index is 550. The molecule has 0 bridgehead atoms. The molecule has 1 aromatic carbocycles. The third-order valence-electron chi connectivity index (χ3n) is 2.09. The normalized spacial score (nSPS) is 16.2. The molecule has 0 fully saturated rings. The van der Waals surface area contributed by atoms with E-state index in [1.165, 1.54) is 5.41 Å². The van der Waals surface area contributed by atoms with Crippen LogP contribution in [0.5, 0.6) is 0 Å². The SMILES string of the molecule is N#CCc1ccc2c(c1)C=CS2(=O)=O. The fraction of sp³-hybridized carbons (Fsp3) is 0.100. The van der Waals surface area contributed by atoms with Crippen molar-refractivity contribution in [2.45, 2.75) is 11.3 Å². The van der Waals surface area contributed by atoms with Crippen LogP contribution in [0.25, 0.3) is 6.08 Å². The first-order valence-corrected chi connectivity index (χ1v) is 5.61. The fourth-order valence-electron chi connectivity index (χ4n) is 1.42. The van der Waals surface area contributed by atoms with E-state index in [-0.39, 0.29) is 0 Å². The summed E-state index contributed by atoms with van der Waals surface area (Å²) >= 11 is 0. The molecule has 70 valence electrons. The van der Waals surface area contributed by atoms with Crippen LogP contribution >= 0.6 is 0 Å². The van der Waals surface area contributed by atoms with Crippen molar-refractivity contribution in [1.82, 2.24) is 0 Å². The summed E-state index contributed by atoms with van der Waals surface area (Å²) < 4.78 is 22.7. The highest BCUT2D eigenvalue weighted by Crippen LogP contribution is 2.27. The van der Waals surface area contributed by atoms with Crippen molar-refractivity contribution in [3.05, 3.63) is 34.7 Å². The van der Waals surface area contributed by atoms with E-state index in [2.05, 4.69) is 0 Å². The van der Waals surface area contributed by atoms with Gasteiger partial charge in [0.05, 0.1) is 17.4 Å². The summed E-state index contributed by atoms with van der Waals surface area (Å²) in [7, 11) is -3.20. The van der Waals surface area contributed by atoms with E-state index in [1.807, 2.05) is 6.07 Å². The summed E-state index contributed by atoms with van der Waals surface area (Å²) in [4.78, 5) is 0.333. The van der Waals surface area contributed by atoms with Crippen molar-refractivity contribution in [2.24, 2.45) is 0 Å². The zero-order valence-electron chi connectivity index (χ0n) is 7.27. The Balaban J connectivity index is 2.56. The molecule has 0 saturated heterocycles. The molecule has 3 nitrogen and oxygen atoms in total. The Kier molecular flexibility index (Phi) is 1.90. The van der Waals surface area contributed by atoms with Gasteiger partial charge in [0.2, 0.25) is 0 Å². The van der Waals surface area contributed by atoms with E-state index < -0.39 is 9.84 Å². The molecule has 0 saturated carbocycles. The average molecular weight is 205 g/mol. The maximum absolute atomic E-state index is 11.4. The number of nitrogens with zero attached hydrogens (tertiary/aromatic N) is 1. The van der Waals surface area contributed by atoms with Crippen LogP contribution in [0.3, 0.4) is 0 Å². The third-order valence-corrected chi connectivity index (χ3v) is 3.57. The molecule has 1 aliphatic heterocycles. The average Bonchev–Trinajstić information content (AvgIpc) is 2.43. The lowest BCUT2D eigenvalue weighted by atomic mass is 10.1. The molecule has 0 unspecified atom stereocenters. The molecule has 1 aliphatic rings. The molecule has 0 atom stereocenters. The van der Waals surface area contributed by atoms with Gasteiger partial charge in [0, 0.05) is 5.41 Å². The van der Waals surface area contributed by atoms with Crippen LogP contribution in [0.15, 0.2) is 28.5 Å². The molecule has 1 aromatic rings. The molecule has 0 radical (unpaired) electrons. The topological polar surface area (TPSA) is 57.9 Å². The Hall–Kier alpha value is -1.60. The molecule has 0 N–H and O–H groups in total. The Morgan fingerprint density at radius 3 is 2.86 bits per heavy atom. The minimum atomic E-state index is -3.20. The van der Waals surface area contributed by atoms with Gasteiger partial charge in [0.1, 0.15) is 0 Å². The van der Waals surface area contributed by atoms with Gasteiger partial charge < -0.3 is 0 Å². The van der Waals surface area contributed by atoms with Gasteiger partial charge in [-0.05, 0) is 29.3 Å². The van der Waals surface area contributed by atoms with Gasteiger partial charge in [-0.25, -0.2) is 8.42 Å². The molecule has 0 amide bonds. The summed E-state index contributed by atoms with van der Waals surface area (Å²) in [6, 6.07) is 6.98. The quantitative estimate of drug-likeness (QED) is 0.698. The molecule has 2 rings (SSSR count). The van der Waals surface area contributed by atoms with Crippen LogP contribution in [0, 0.1) is 11.3 Å². The van der Waals surface area contributed by atoms with Crippen molar-refractivity contribution < 1.29 is 8.42 Å². The molecular formula is C10H7NO2S. The van der Waals surface area contributed by atoms with Crippen LogP contribution in [0.4, 0.5) is 0 Å². The van der Waals surface area contributed by atoms with Crippen LogP contribution < -0.4 is 0 Å². The van der Waals surface area contributed by atoms with Crippen LogP contribution in [-0.4, -0.2) is 8.42 Å². The van der Waals surface area contributed by atoms with Gasteiger partial charge in [-0.1, -0.05) is 6.07 Å². The highest BCUT2D eigenvalue weighted by Gasteiger charge is 2.19. The van der Waals surface area contributed by atoms with Crippen molar-refractivity contribution in [3.8, 4) is 6.07 Å². The molecule has 0 spiro atoms. The number of hydrogen-bond acceptors (Lipinski definition) is 3. The first-order chi connectivity index (χ1) is 6.63. The standard InChI is InChI=1S/C10H7NO2S/c11-5-3-8-1-2-10-9(7-8)4-6-14(10,12)13/h1-2,4,6-7H,3H2. The zero-order chi connectivity index (χ0) is 10.2. The predicted molar refractivity (Wildman–Crippen MR) is 52.0 cm³/mol. The molecule has 0 aromatic heterocycles. The lowest BCUT2D eigenvalue weighted by molar-refractivity contribution is 0.605. The first-order valence-electron chi connectivity index (χ1n) is 4.06. The number of nitriles is 1. The van der Waals surface area contributed by atoms with Crippen molar-refractivity contribution >= 4 is 15.9 Å². The summed E-state index contributed by atoms with van der Waals surface area (Å²) in [6.07, 6.45) is 1.87. The van der Waals surface area contributed by atoms with Crippen molar-refractivity contribution in [2.75, 3.05) is 0 Å². The Morgan fingerprint density at radius 1 is 1.36 bits per heavy atom. The largest absolute Gasteiger partial charge is 0.219 e. The van der Waals surface area contributed by atoms with Gasteiger partial charge >= 0.3 is 0 Å². The highest BCUT2D eigenvalue weighted by atomic mass is 32.2. The van der Waals surface area contributed by atoms with Crippen molar-refractivity contribution in [3.63, 3.8) is 0 Å². The number of fused-ring (bicyclic) bond motifs is 1. The van der Waals surface area contributed by atoms with E-state index in [9.17, 15) is 8.42 Å². The second kappa shape index (κ2) is 2.96. The molecular weight excluding hydrogens is 198 g/mol. The lowest BCUT2D eigenvalue weighted by Crippen LogP contribution is -1.94. The van der Waals surface area contributed by atoms with Gasteiger partial charge in [-0.2, -0.15) is 5.26 Å². The number of benzene rings is 1. The van der Waals surface area contributed by atoms with Gasteiger partial charge in [-0.3, -0.25) is 0 Å². The number of hydrogen-bond donors (Lipinski definition) is 0. The Labute approximate surface area is 82.2 Å². The van der Waals surface area contributed by atoms with Crippen molar-refractivity contribution in [1.29, 1.82) is 5.26 Å². The van der Waals surface area contributed by atoms with Gasteiger partial charge in [0.15, 0.2) is 9.84 Å². The van der Waals surface area contributed by atoms with E-state index in [0.29, 0.717) is 16.9 Å². The fourth-order valence-corrected chi connectivity index (χ4v) is 2.61. The van der Waals surface area contributed by atoms with E-state index in [0.717, 1.165) is 5.56 Å². The van der Waals surface area contributed by atoms with Gasteiger partial charge in [-0.15, -0.1) is 0 Å². The first kappa shape index (κ1) is 8.97.